The fraction of sp³-hybridized carbons (Fsp3) is 0.115. The number of hydrogen-bond donors (Lipinski definition) is 1. The van der Waals surface area contributed by atoms with Crippen molar-refractivity contribution in [2.45, 2.75) is 13.0 Å². The number of methoxy groups -OCH3 is 1. The molecule has 1 amide bonds. The van der Waals surface area contributed by atoms with Gasteiger partial charge < -0.3 is 9.30 Å². The molecule has 1 aromatic heterocycles. The molecule has 0 saturated carbocycles. The third-order valence-electron chi connectivity index (χ3n) is 5.12. The molecule has 1 N–H and O–H groups in total. The predicted molar refractivity (Wildman–Crippen MR) is 125 cm³/mol. The van der Waals surface area contributed by atoms with Crippen LogP contribution in [0.3, 0.4) is 0 Å². The standard InChI is InChI=1S/C26H23N3O3/c1-32-26(31)21-11-7-10-20(14-21)17-29-18-22(23-12-5-6-13-24(23)29)16-27-28-25(30)15-19-8-3-2-4-9-19/h2-14,16,18H,15,17H2,1H3,(H,28,30)/b27-16-. The Morgan fingerprint density at radius 1 is 0.969 bits per heavy atom. The summed E-state index contributed by atoms with van der Waals surface area (Å²) in [6, 6.07) is 24.9. The first kappa shape index (κ1) is 21.1. The number of nitrogens with one attached hydrogen (secondary N) is 1. The number of aromatic nitrogens is 1. The van der Waals surface area contributed by atoms with Gasteiger partial charge in [0.05, 0.1) is 25.3 Å². The largest absolute Gasteiger partial charge is 0.465 e. The van der Waals surface area contributed by atoms with Crippen LogP contribution in [-0.4, -0.2) is 29.8 Å². The molecule has 6 heteroatoms. The van der Waals surface area contributed by atoms with Gasteiger partial charge in [0.1, 0.15) is 0 Å². The van der Waals surface area contributed by atoms with Crippen molar-refractivity contribution in [1.82, 2.24) is 9.99 Å². The molecule has 0 fully saturated rings. The molecule has 0 unspecified atom stereocenters. The zero-order valence-electron chi connectivity index (χ0n) is 17.7. The average Bonchev–Trinajstić information content (AvgIpc) is 3.16. The second kappa shape index (κ2) is 9.75. The van der Waals surface area contributed by atoms with Gasteiger partial charge in [-0.1, -0.05) is 60.7 Å². The molecule has 4 rings (SSSR count). The second-order valence-corrected chi connectivity index (χ2v) is 7.38. The first-order valence-electron chi connectivity index (χ1n) is 10.2. The number of ether oxygens (including phenoxy) is 1. The van der Waals surface area contributed by atoms with Crippen molar-refractivity contribution in [3.63, 3.8) is 0 Å². The first-order chi connectivity index (χ1) is 15.6. The molecule has 0 spiro atoms. The van der Waals surface area contributed by atoms with Gasteiger partial charge in [-0.2, -0.15) is 5.10 Å². The minimum absolute atomic E-state index is 0.171. The molecular formula is C26H23N3O3. The van der Waals surface area contributed by atoms with Gasteiger partial charge in [-0.3, -0.25) is 4.79 Å². The summed E-state index contributed by atoms with van der Waals surface area (Å²) in [7, 11) is 1.37. The van der Waals surface area contributed by atoms with Gasteiger partial charge in [-0.15, -0.1) is 0 Å². The van der Waals surface area contributed by atoms with Crippen LogP contribution in [0.1, 0.15) is 27.0 Å². The van der Waals surface area contributed by atoms with Crippen LogP contribution in [0.4, 0.5) is 0 Å². The number of esters is 1. The van der Waals surface area contributed by atoms with Crippen LogP contribution in [0, 0.1) is 0 Å². The molecule has 0 radical (unpaired) electrons. The summed E-state index contributed by atoms with van der Waals surface area (Å²) in [6.07, 6.45) is 3.92. The summed E-state index contributed by atoms with van der Waals surface area (Å²) < 4.78 is 6.92. The summed E-state index contributed by atoms with van der Waals surface area (Å²) in [6.45, 7) is 0.583. The van der Waals surface area contributed by atoms with E-state index in [-0.39, 0.29) is 18.3 Å². The van der Waals surface area contributed by atoms with Gasteiger partial charge in [0.25, 0.3) is 0 Å². The van der Waals surface area contributed by atoms with Crippen LogP contribution >= 0.6 is 0 Å². The molecule has 3 aromatic carbocycles. The highest BCUT2D eigenvalue weighted by atomic mass is 16.5. The van der Waals surface area contributed by atoms with Crippen LogP contribution in [0.15, 0.2) is 90.2 Å². The third kappa shape index (κ3) is 4.92. The maximum atomic E-state index is 12.2. The SMILES string of the molecule is COC(=O)c1cccc(Cn2cc(/C=N\NC(=O)Cc3ccccc3)c3ccccc32)c1. The van der Waals surface area contributed by atoms with Crippen molar-refractivity contribution in [2.24, 2.45) is 5.10 Å². The van der Waals surface area contributed by atoms with Crippen molar-refractivity contribution in [3.8, 4) is 0 Å². The maximum Gasteiger partial charge on any atom is 0.337 e. The fourth-order valence-corrected chi connectivity index (χ4v) is 3.61. The van der Waals surface area contributed by atoms with Crippen molar-refractivity contribution in [3.05, 3.63) is 107 Å². The van der Waals surface area contributed by atoms with Gasteiger partial charge in [0.2, 0.25) is 5.91 Å². The highest BCUT2D eigenvalue weighted by molar-refractivity contribution is 5.99. The maximum absolute atomic E-state index is 12.2. The molecule has 0 aliphatic rings. The van der Waals surface area contributed by atoms with E-state index in [9.17, 15) is 9.59 Å². The Kier molecular flexibility index (Phi) is 6.41. The number of amides is 1. The van der Waals surface area contributed by atoms with Crippen LogP contribution in [0.25, 0.3) is 10.9 Å². The predicted octanol–water partition coefficient (Wildman–Crippen LogP) is 4.17. The third-order valence-corrected chi connectivity index (χ3v) is 5.12. The highest BCUT2D eigenvalue weighted by Gasteiger charge is 2.10. The topological polar surface area (TPSA) is 72.7 Å². The molecule has 0 atom stereocenters. The van der Waals surface area contributed by atoms with Gasteiger partial charge in [-0.05, 0) is 29.3 Å². The van der Waals surface area contributed by atoms with Crippen LogP contribution < -0.4 is 5.43 Å². The molecular weight excluding hydrogens is 402 g/mol. The van der Waals surface area contributed by atoms with E-state index in [1.165, 1.54) is 7.11 Å². The summed E-state index contributed by atoms with van der Waals surface area (Å²) in [4.78, 5) is 24.0. The van der Waals surface area contributed by atoms with E-state index in [4.69, 9.17) is 4.74 Å². The van der Waals surface area contributed by atoms with Crippen molar-refractivity contribution < 1.29 is 14.3 Å². The van der Waals surface area contributed by atoms with Crippen molar-refractivity contribution in [1.29, 1.82) is 0 Å². The van der Waals surface area contributed by atoms with E-state index in [0.29, 0.717) is 12.1 Å². The van der Waals surface area contributed by atoms with Gasteiger partial charge in [0.15, 0.2) is 0 Å². The molecule has 0 aliphatic heterocycles. The minimum Gasteiger partial charge on any atom is -0.465 e. The monoisotopic (exact) mass is 425 g/mol. The van der Waals surface area contributed by atoms with Gasteiger partial charge >= 0.3 is 5.97 Å². The molecule has 32 heavy (non-hydrogen) atoms. The minimum atomic E-state index is -0.358. The Hall–Kier alpha value is -4.19. The Morgan fingerprint density at radius 3 is 2.53 bits per heavy atom. The number of carbonyl (C=O) groups excluding carboxylic acids is 2. The molecule has 4 aromatic rings. The summed E-state index contributed by atoms with van der Waals surface area (Å²) in [5, 5.41) is 5.18. The second-order valence-electron chi connectivity index (χ2n) is 7.38. The Bertz CT molecular complexity index is 1280. The lowest BCUT2D eigenvalue weighted by atomic mass is 10.1. The molecule has 6 nitrogen and oxygen atoms in total. The lowest BCUT2D eigenvalue weighted by Crippen LogP contribution is -2.19. The zero-order valence-corrected chi connectivity index (χ0v) is 17.7. The van der Waals surface area contributed by atoms with Gasteiger partial charge in [-0.25, -0.2) is 10.2 Å². The first-order valence-corrected chi connectivity index (χ1v) is 10.2. The Morgan fingerprint density at radius 2 is 1.72 bits per heavy atom. The zero-order chi connectivity index (χ0) is 22.3. The smallest absolute Gasteiger partial charge is 0.337 e. The Labute approximate surface area is 186 Å². The van der Waals surface area contributed by atoms with E-state index in [1.54, 1.807) is 12.3 Å². The number of hydrazone groups is 1. The van der Waals surface area contributed by atoms with E-state index in [0.717, 1.165) is 27.6 Å². The molecule has 0 saturated heterocycles. The fourth-order valence-electron chi connectivity index (χ4n) is 3.61. The number of carbonyl (C=O) groups is 2. The molecule has 0 bridgehead atoms. The number of hydrogen-bond acceptors (Lipinski definition) is 4. The van der Waals surface area contributed by atoms with Crippen LogP contribution in [-0.2, 0) is 22.5 Å². The normalized spacial score (nSPS) is 11.0. The highest BCUT2D eigenvalue weighted by Crippen LogP contribution is 2.21. The molecule has 1 heterocycles. The van der Waals surface area contributed by atoms with Crippen molar-refractivity contribution >= 4 is 29.0 Å². The van der Waals surface area contributed by atoms with E-state index in [2.05, 4.69) is 15.1 Å². The molecule has 160 valence electrons. The quantitative estimate of drug-likeness (QED) is 0.274. The lowest BCUT2D eigenvalue weighted by molar-refractivity contribution is -0.120. The molecule has 0 aliphatic carbocycles. The van der Waals surface area contributed by atoms with Crippen molar-refractivity contribution in [2.75, 3.05) is 7.11 Å². The average molecular weight is 425 g/mol. The number of nitrogens with zero attached hydrogens (tertiary/aromatic N) is 2. The summed E-state index contributed by atoms with van der Waals surface area (Å²) >= 11 is 0. The number of para-hydroxylation sites is 1. The lowest BCUT2D eigenvalue weighted by Gasteiger charge is -2.07. The summed E-state index contributed by atoms with van der Waals surface area (Å²) in [5.74, 6) is -0.529. The van der Waals surface area contributed by atoms with E-state index < -0.39 is 0 Å². The van der Waals surface area contributed by atoms with E-state index >= 15 is 0 Å². The Balaban J connectivity index is 1.52. The number of fused-ring (bicyclic) bond motifs is 1. The number of rotatable bonds is 7. The summed E-state index contributed by atoms with van der Waals surface area (Å²) in [5.41, 5.74) is 6.96. The van der Waals surface area contributed by atoms with E-state index in [1.807, 2.05) is 79.0 Å². The van der Waals surface area contributed by atoms with Gasteiger partial charge in [0, 0.05) is 29.2 Å². The van der Waals surface area contributed by atoms with Crippen LogP contribution in [0.5, 0.6) is 0 Å². The number of benzene rings is 3. The van der Waals surface area contributed by atoms with Crippen LogP contribution in [0.2, 0.25) is 0 Å².